The average Bonchev–Trinajstić information content (AvgIpc) is 2.27. The molecule has 0 aliphatic rings. The van der Waals surface area contributed by atoms with Gasteiger partial charge in [0, 0.05) is 18.0 Å². The van der Waals surface area contributed by atoms with Crippen molar-refractivity contribution in [1.29, 1.82) is 0 Å². The topological polar surface area (TPSA) is 48.1 Å². The van der Waals surface area contributed by atoms with Crippen LogP contribution in [0.25, 0.3) is 10.8 Å². The van der Waals surface area contributed by atoms with Gasteiger partial charge in [0.15, 0.2) is 0 Å². The monoisotopic (exact) mass is 245 g/mol. The molecule has 2 N–H and O–H groups in total. The molecule has 1 atom stereocenters. The molecule has 1 heterocycles. The van der Waals surface area contributed by atoms with E-state index in [1.165, 1.54) is 0 Å². The molecular weight excluding hydrogens is 226 g/mol. The second-order valence-corrected chi connectivity index (χ2v) is 4.91. The lowest BCUT2D eigenvalue weighted by atomic mass is 10.2. The first-order chi connectivity index (χ1) is 8.56. The van der Waals surface area contributed by atoms with Crippen LogP contribution >= 0.6 is 0 Å². The molecule has 1 unspecified atom stereocenters. The van der Waals surface area contributed by atoms with Gasteiger partial charge in [0.1, 0.15) is 5.82 Å². The van der Waals surface area contributed by atoms with Crippen LogP contribution < -0.4 is 10.9 Å². The quantitative estimate of drug-likeness (QED) is 0.864. The van der Waals surface area contributed by atoms with Crippen LogP contribution in [0.1, 0.15) is 6.92 Å². The summed E-state index contributed by atoms with van der Waals surface area (Å²) >= 11 is 0. The lowest BCUT2D eigenvalue weighted by Gasteiger charge is -2.19. The maximum absolute atomic E-state index is 11.9. The summed E-state index contributed by atoms with van der Waals surface area (Å²) in [4.78, 5) is 16.9. The second-order valence-electron chi connectivity index (χ2n) is 4.91. The number of fused-ring (bicyclic) bond motifs is 1. The minimum atomic E-state index is -0.0485. The molecule has 1 aromatic heterocycles. The Morgan fingerprint density at radius 2 is 2.06 bits per heavy atom. The van der Waals surface area contributed by atoms with Crippen molar-refractivity contribution in [3.8, 4) is 0 Å². The molecule has 2 aromatic rings. The second kappa shape index (κ2) is 5.23. The highest BCUT2D eigenvalue weighted by molar-refractivity contribution is 5.83. The Labute approximate surface area is 107 Å². The van der Waals surface area contributed by atoms with Crippen LogP contribution in [-0.4, -0.2) is 36.6 Å². The molecular formula is C14H19N3O. The van der Waals surface area contributed by atoms with E-state index in [-0.39, 0.29) is 11.6 Å². The molecule has 0 amide bonds. The third kappa shape index (κ3) is 2.90. The number of benzene rings is 1. The molecule has 0 aliphatic carbocycles. The van der Waals surface area contributed by atoms with E-state index >= 15 is 0 Å². The predicted octanol–water partition coefficient (Wildman–Crippen LogP) is 1.89. The summed E-state index contributed by atoms with van der Waals surface area (Å²) < 4.78 is 0. The zero-order valence-electron chi connectivity index (χ0n) is 11.0. The van der Waals surface area contributed by atoms with E-state index in [4.69, 9.17) is 0 Å². The fraction of sp³-hybridized carbons (Fsp3) is 0.357. The highest BCUT2D eigenvalue weighted by Crippen LogP contribution is 2.13. The van der Waals surface area contributed by atoms with Crippen LogP contribution in [-0.2, 0) is 0 Å². The van der Waals surface area contributed by atoms with E-state index in [0.29, 0.717) is 0 Å². The van der Waals surface area contributed by atoms with Crippen LogP contribution in [0.5, 0.6) is 0 Å². The number of likely N-dealkylation sites (N-methyl/N-ethyl adjacent to an activating group) is 1. The zero-order chi connectivity index (χ0) is 13.1. The molecule has 0 radical (unpaired) electrons. The van der Waals surface area contributed by atoms with E-state index in [2.05, 4.69) is 22.1 Å². The van der Waals surface area contributed by atoms with Gasteiger partial charge in [-0.25, -0.2) is 0 Å². The van der Waals surface area contributed by atoms with Gasteiger partial charge in [0.2, 0.25) is 0 Å². The van der Waals surface area contributed by atoms with Crippen molar-refractivity contribution in [2.24, 2.45) is 0 Å². The Balaban J connectivity index is 2.27. The maximum atomic E-state index is 11.9. The Morgan fingerprint density at radius 3 is 2.78 bits per heavy atom. The number of hydrogen-bond acceptors (Lipinski definition) is 3. The van der Waals surface area contributed by atoms with Crippen LogP contribution in [0.15, 0.2) is 35.1 Å². The number of nitrogens with one attached hydrogen (secondary N) is 2. The fourth-order valence-corrected chi connectivity index (χ4v) is 2.15. The van der Waals surface area contributed by atoms with Crippen molar-refractivity contribution in [2.75, 3.05) is 26.0 Å². The van der Waals surface area contributed by atoms with E-state index in [1.54, 1.807) is 0 Å². The van der Waals surface area contributed by atoms with Crippen LogP contribution in [0, 0.1) is 0 Å². The van der Waals surface area contributed by atoms with Gasteiger partial charge in [-0.3, -0.25) is 4.79 Å². The van der Waals surface area contributed by atoms with Crippen molar-refractivity contribution in [3.63, 3.8) is 0 Å². The first-order valence-corrected chi connectivity index (χ1v) is 6.09. The lowest BCUT2D eigenvalue weighted by Crippen LogP contribution is -2.30. The van der Waals surface area contributed by atoms with Crippen LogP contribution in [0.4, 0.5) is 5.82 Å². The number of nitrogens with zero attached hydrogens (tertiary/aromatic N) is 1. The number of pyridine rings is 1. The Kier molecular flexibility index (Phi) is 3.67. The van der Waals surface area contributed by atoms with E-state index in [9.17, 15) is 4.79 Å². The van der Waals surface area contributed by atoms with Crippen molar-refractivity contribution in [1.82, 2.24) is 9.88 Å². The van der Waals surface area contributed by atoms with Gasteiger partial charge in [0.25, 0.3) is 5.56 Å². The van der Waals surface area contributed by atoms with Crippen LogP contribution in [0.2, 0.25) is 0 Å². The summed E-state index contributed by atoms with van der Waals surface area (Å²) in [7, 11) is 4.06. The molecule has 0 fully saturated rings. The number of hydrogen-bond donors (Lipinski definition) is 2. The highest BCUT2D eigenvalue weighted by atomic mass is 16.1. The van der Waals surface area contributed by atoms with Crippen LogP contribution in [0.3, 0.4) is 0 Å². The van der Waals surface area contributed by atoms with Gasteiger partial charge in [-0.2, -0.15) is 0 Å². The number of rotatable bonds is 4. The first-order valence-electron chi connectivity index (χ1n) is 6.09. The molecule has 0 saturated heterocycles. The summed E-state index contributed by atoms with van der Waals surface area (Å²) in [5.41, 5.74) is -0.0485. The Hall–Kier alpha value is -1.81. The molecule has 4 heteroatoms. The molecule has 1 aromatic carbocycles. The Bertz CT molecular complexity index is 589. The molecule has 96 valence electrons. The molecule has 0 spiro atoms. The van der Waals surface area contributed by atoms with Gasteiger partial charge in [-0.15, -0.1) is 0 Å². The molecule has 4 nitrogen and oxygen atoms in total. The standard InChI is InChI=1S/C14H19N3O/c1-10(9-17(2)3)15-13-8-11-6-4-5-7-12(11)14(18)16-13/h4-8,10H,9H2,1-3H3,(H2,15,16,18). The number of H-pyrrole nitrogens is 1. The minimum Gasteiger partial charge on any atom is -0.368 e. The summed E-state index contributed by atoms with van der Waals surface area (Å²) in [6.07, 6.45) is 0. The van der Waals surface area contributed by atoms with E-state index in [1.807, 2.05) is 44.4 Å². The van der Waals surface area contributed by atoms with Gasteiger partial charge in [-0.05, 0) is 38.5 Å². The average molecular weight is 245 g/mol. The molecule has 18 heavy (non-hydrogen) atoms. The highest BCUT2D eigenvalue weighted by Gasteiger charge is 2.05. The summed E-state index contributed by atoms with van der Waals surface area (Å²) in [6.45, 7) is 3.00. The normalized spacial score (nSPS) is 12.9. The molecule has 0 bridgehead atoms. The van der Waals surface area contributed by atoms with Gasteiger partial charge in [0.05, 0.1) is 0 Å². The van der Waals surface area contributed by atoms with E-state index < -0.39 is 0 Å². The van der Waals surface area contributed by atoms with Gasteiger partial charge < -0.3 is 15.2 Å². The summed E-state index contributed by atoms with van der Waals surface area (Å²) in [5.74, 6) is 0.771. The molecule has 0 saturated carbocycles. The number of aromatic amines is 1. The SMILES string of the molecule is CC(CN(C)C)Nc1cc2ccccc2c(=O)[nH]1. The molecule has 2 rings (SSSR count). The van der Waals surface area contributed by atoms with Crippen molar-refractivity contribution in [3.05, 3.63) is 40.7 Å². The van der Waals surface area contributed by atoms with Gasteiger partial charge in [-0.1, -0.05) is 18.2 Å². The fourth-order valence-electron chi connectivity index (χ4n) is 2.15. The zero-order valence-corrected chi connectivity index (χ0v) is 11.0. The van der Waals surface area contributed by atoms with E-state index in [0.717, 1.165) is 23.1 Å². The Morgan fingerprint density at radius 1 is 1.33 bits per heavy atom. The predicted molar refractivity (Wildman–Crippen MR) is 76.2 cm³/mol. The van der Waals surface area contributed by atoms with Crippen molar-refractivity contribution < 1.29 is 0 Å². The smallest absolute Gasteiger partial charge is 0.257 e. The summed E-state index contributed by atoms with van der Waals surface area (Å²) in [6, 6.07) is 9.85. The molecule has 0 aliphatic heterocycles. The third-order valence-electron chi connectivity index (χ3n) is 2.79. The van der Waals surface area contributed by atoms with Crippen molar-refractivity contribution in [2.45, 2.75) is 13.0 Å². The largest absolute Gasteiger partial charge is 0.368 e. The summed E-state index contributed by atoms with van der Waals surface area (Å²) in [5, 5.41) is 4.99. The maximum Gasteiger partial charge on any atom is 0.257 e. The minimum absolute atomic E-state index is 0.0485. The van der Waals surface area contributed by atoms with Gasteiger partial charge >= 0.3 is 0 Å². The van der Waals surface area contributed by atoms with Crippen molar-refractivity contribution >= 4 is 16.6 Å². The number of anilines is 1. The first kappa shape index (κ1) is 12.6. The number of aromatic nitrogens is 1. The lowest BCUT2D eigenvalue weighted by molar-refractivity contribution is 0.392. The third-order valence-corrected chi connectivity index (χ3v) is 2.79.